The van der Waals surface area contributed by atoms with Gasteiger partial charge in [0, 0.05) is 12.1 Å². The van der Waals surface area contributed by atoms with Crippen LogP contribution in [0.2, 0.25) is 0 Å². The monoisotopic (exact) mass is 206 g/mol. The largest absolute Gasteiger partial charge is 0.344 e. The SMILES string of the molecule is CC(C)C(=O)C(=O)NCc1ccccn1. The van der Waals surface area contributed by atoms with Gasteiger partial charge in [-0.05, 0) is 12.1 Å². The number of ketones is 1. The molecule has 1 rings (SSSR count). The second-order valence-corrected chi connectivity index (χ2v) is 3.52. The highest BCUT2D eigenvalue weighted by Crippen LogP contribution is 1.96. The van der Waals surface area contributed by atoms with E-state index in [0.717, 1.165) is 5.69 Å². The number of nitrogens with zero attached hydrogens (tertiary/aromatic N) is 1. The van der Waals surface area contributed by atoms with Gasteiger partial charge in [-0.3, -0.25) is 14.6 Å². The van der Waals surface area contributed by atoms with Gasteiger partial charge in [0.1, 0.15) is 0 Å². The minimum absolute atomic E-state index is 0.270. The molecule has 0 atom stereocenters. The van der Waals surface area contributed by atoms with Gasteiger partial charge in [0.05, 0.1) is 12.2 Å². The number of nitrogens with one attached hydrogen (secondary N) is 1. The zero-order chi connectivity index (χ0) is 11.3. The van der Waals surface area contributed by atoms with Gasteiger partial charge < -0.3 is 5.32 Å². The predicted octanol–water partition coefficient (Wildman–Crippen LogP) is 0.923. The average Bonchev–Trinajstić information content (AvgIpc) is 2.26. The molecule has 0 aliphatic rings. The van der Waals surface area contributed by atoms with Crippen molar-refractivity contribution in [1.29, 1.82) is 0 Å². The third-order valence-corrected chi connectivity index (χ3v) is 1.90. The maximum Gasteiger partial charge on any atom is 0.287 e. The molecule has 1 aromatic rings. The Labute approximate surface area is 88.7 Å². The van der Waals surface area contributed by atoms with Crippen LogP contribution in [0.5, 0.6) is 0 Å². The van der Waals surface area contributed by atoms with E-state index in [4.69, 9.17) is 0 Å². The van der Waals surface area contributed by atoms with Crippen LogP contribution < -0.4 is 5.32 Å². The molecule has 0 aliphatic heterocycles. The number of pyridine rings is 1. The number of Topliss-reactive ketones (excluding diaryl/α,β-unsaturated/α-hetero) is 1. The second kappa shape index (κ2) is 5.24. The lowest BCUT2D eigenvalue weighted by molar-refractivity contribution is -0.139. The van der Waals surface area contributed by atoms with Gasteiger partial charge in [-0.15, -0.1) is 0 Å². The van der Waals surface area contributed by atoms with Crippen LogP contribution in [-0.2, 0) is 16.1 Å². The van der Waals surface area contributed by atoms with E-state index >= 15 is 0 Å². The molecular weight excluding hydrogens is 192 g/mol. The zero-order valence-electron chi connectivity index (χ0n) is 8.86. The van der Waals surface area contributed by atoms with Crippen LogP contribution in [0.15, 0.2) is 24.4 Å². The van der Waals surface area contributed by atoms with Crippen molar-refractivity contribution in [2.45, 2.75) is 20.4 Å². The molecule has 0 fully saturated rings. The van der Waals surface area contributed by atoms with Crippen LogP contribution in [0, 0.1) is 5.92 Å². The molecule has 0 aromatic carbocycles. The van der Waals surface area contributed by atoms with E-state index in [1.54, 1.807) is 32.2 Å². The molecule has 4 nitrogen and oxygen atoms in total. The van der Waals surface area contributed by atoms with Crippen molar-refractivity contribution in [3.63, 3.8) is 0 Å². The van der Waals surface area contributed by atoms with Crippen molar-refractivity contribution in [2.75, 3.05) is 0 Å². The maximum absolute atomic E-state index is 11.3. The molecule has 0 saturated carbocycles. The molecule has 0 saturated heterocycles. The van der Waals surface area contributed by atoms with Gasteiger partial charge in [0.25, 0.3) is 5.91 Å². The molecule has 0 bridgehead atoms. The summed E-state index contributed by atoms with van der Waals surface area (Å²) in [7, 11) is 0. The van der Waals surface area contributed by atoms with E-state index in [1.165, 1.54) is 0 Å². The van der Waals surface area contributed by atoms with Crippen molar-refractivity contribution in [3.8, 4) is 0 Å². The average molecular weight is 206 g/mol. The van der Waals surface area contributed by atoms with Crippen molar-refractivity contribution in [2.24, 2.45) is 5.92 Å². The van der Waals surface area contributed by atoms with E-state index in [-0.39, 0.29) is 12.5 Å². The van der Waals surface area contributed by atoms with E-state index < -0.39 is 11.7 Å². The smallest absolute Gasteiger partial charge is 0.287 e. The number of carbonyl (C=O) groups is 2. The summed E-state index contributed by atoms with van der Waals surface area (Å²) in [5.41, 5.74) is 0.738. The van der Waals surface area contributed by atoms with Crippen molar-refractivity contribution in [3.05, 3.63) is 30.1 Å². The standard InChI is InChI=1S/C11H14N2O2/c1-8(2)10(14)11(15)13-7-9-5-3-4-6-12-9/h3-6,8H,7H2,1-2H3,(H,13,15). The number of rotatable bonds is 4. The highest BCUT2D eigenvalue weighted by Gasteiger charge is 2.16. The van der Waals surface area contributed by atoms with Crippen LogP contribution in [-0.4, -0.2) is 16.7 Å². The molecule has 4 heteroatoms. The molecule has 1 N–H and O–H groups in total. The lowest BCUT2D eigenvalue weighted by Gasteiger charge is -2.05. The van der Waals surface area contributed by atoms with Crippen LogP contribution in [0.1, 0.15) is 19.5 Å². The first-order valence-electron chi connectivity index (χ1n) is 4.83. The third-order valence-electron chi connectivity index (χ3n) is 1.90. The second-order valence-electron chi connectivity index (χ2n) is 3.52. The van der Waals surface area contributed by atoms with Crippen LogP contribution in [0.4, 0.5) is 0 Å². The van der Waals surface area contributed by atoms with E-state index in [0.29, 0.717) is 0 Å². The normalized spacial score (nSPS) is 10.1. The van der Waals surface area contributed by atoms with Crippen LogP contribution in [0.25, 0.3) is 0 Å². The Balaban J connectivity index is 2.45. The van der Waals surface area contributed by atoms with Crippen LogP contribution in [0.3, 0.4) is 0 Å². The molecule has 80 valence electrons. The quantitative estimate of drug-likeness (QED) is 0.745. The minimum Gasteiger partial charge on any atom is -0.344 e. The van der Waals surface area contributed by atoms with Gasteiger partial charge in [0.15, 0.2) is 0 Å². The van der Waals surface area contributed by atoms with Gasteiger partial charge >= 0.3 is 0 Å². The van der Waals surface area contributed by atoms with E-state index in [2.05, 4.69) is 10.3 Å². The number of hydrogen-bond donors (Lipinski definition) is 1. The third kappa shape index (κ3) is 3.50. The number of amides is 1. The molecule has 1 aromatic heterocycles. The van der Waals surface area contributed by atoms with Gasteiger partial charge in [-0.1, -0.05) is 19.9 Å². The van der Waals surface area contributed by atoms with Gasteiger partial charge in [0.2, 0.25) is 5.78 Å². The van der Waals surface area contributed by atoms with Crippen molar-refractivity contribution in [1.82, 2.24) is 10.3 Å². The summed E-state index contributed by atoms with van der Waals surface area (Å²) in [6, 6.07) is 5.42. The Bertz CT molecular complexity index is 347. The Kier molecular flexibility index (Phi) is 3.97. The highest BCUT2D eigenvalue weighted by molar-refractivity contribution is 6.36. The summed E-state index contributed by atoms with van der Waals surface area (Å²) in [4.78, 5) is 26.5. The zero-order valence-corrected chi connectivity index (χ0v) is 8.86. The Hall–Kier alpha value is -1.71. The van der Waals surface area contributed by atoms with E-state index in [1.807, 2.05) is 6.07 Å². The highest BCUT2D eigenvalue weighted by atomic mass is 16.2. The first kappa shape index (κ1) is 11.4. The Morgan fingerprint density at radius 2 is 2.13 bits per heavy atom. The first-order valence-corrected chi connectivity index (χ1v) is 4.83. The fourth-order valence-corrected chi connectivity index (χ4v) is 1.02. The van der Waals surface area contributed by atoms with Gasteiger partial charge in [-0.2, -0.15) is 0 Å². The van der Waals surface area contributed by atoms with Crippen LogP contribution >= 0.6 is 0 Å². The fraction of sp³-hybridized carbons (Fsp3) is 0.364. The van der Waals surface area contributed by atoms with E-state index in [9.17, 15) is 9.59 Å². The number of hydrogen-bond acceptors (Lipinski definition) is 3. The summed E-state index contributed by atoms with van der Waals surface area (Å²) in [5, 5.41) is 2.53. The number of aromatic nitrogens is 1. The lowest BCUT2D eigenvalue weighted by Crippen LogP contribution is -2.33. The fourth-order valence-electron chi connectivity index (χ4n) is 1.02. The molecule has 1 heterocycles. The summed E-state index contributed by atoms with van der Waals surface area (Å²) in [5.74, 6) is -1.21. The topological polar surface area (TPSA) is 59.1 Å². The van der Waals surface area contributed by atoms with Gasteiger partial charge in [-0.25, -0.2) is 0 Å². The molecule has 15 heavy (non-hydrogen) atoms. The summed E-state index contributed by atoms with van der Waals surface area (Å²) in [6.07, 6.45) is 1.64. The van der Waals surface area contributed by atoms with Crippen molar-refractivity contribution < 1.29 is 9.59 Å². The summed E-state index contributed by atoms with van der Waals surface area (Å²) in [6.45, 7) is 3.68. The molecule has 0 spiro atoms. The molecule has 0 aliphatic carbocycles. The predicted molar refractivity (Wildman–Crippen MR) is 55.9 cm³/mol. The minimum atomic E-state index is -0.546. The Morgan fingerprint density at radius 1 is 1.40 bits per heavy atom. The molecule has 0 radical (unpaired) electrons. The lowest BCUT2D eigenvalue weighted by atomic mass is 10.1. The summed E-state index contributed by atoms with van der Waals surface area (Å²) < 4.78 is 0. The Morgan fingerprint density at radius 3 is 2.67 bits per heavy atom. The summed E-state index contributed by atoms with van der Waals surface area (Å²) >= 11 is 0. The molecular formula is C11H14N2O2. The number of carbonyl (C=O) groups excluding carboxylic acids is 2. The van der Waals surface area contributed by atoms with Crippen molar-refractivity contribution >= 4 is 11.7 Å². The molecule has 0 unspecified atom stereocenters. The maximum atomic E-state index is 11.3. The molecule has 1 amide bonds. The first-order chi connectivity index (χ1) is 7.11.